The topological polar surface area (TPSA) is 116 Å². The third-order valence-electron chi connectivity index (χ3n) is 7.48. The number of ether oxygens (including phenoxy) is 1. The Hall–Kier alpha value is -4.51. The summed E-state index contributed by atoms with van der Waals surface area (Å²) in [5, 5.41) is 13.2. The summed E-state index contributed by atoms with van der Waals surface area (Å²) in [4.78, 5) is 53.0. The molecule has 226 valence electrons. The van der Waals surface area contributed by atoms with E-state index in [1.165, 1.54) is 23.7 Å². The number of aldehydes is 1. The number of hydrogen-bond donors (Lipinski definition) is 2. The molecule has 5 rings (SSSR count). The fourth-order valence-corrected chi connectivity index (χ4v) is 6.51. The minimum atomic E-state index is -0.796. The van der Waals surface area contributed by atoms with E-state index in [1.807, 2.05) is 91.0 Å². The predicted molar refractivity (Wildman–Crippen MR) is 166 cm³/mol. The van der Waals surface area contributed by atoms with E-state index in [4.69, 9.17) is 4.74 Å². The van der Waals surface area contributed by atoms with Gasteiger partial charge >= 0.3 is 5.97 Å². The lowest BCUT2D eigenvalue weighted by Gasteiger charge is -2.49. The van der Waals surface area contributed by atoms with Crippen LogP contribution in [-0.4, -0.2) is 69.5 Å². The van der Waals surface area contributed by atoms with Crippen molar-refractivity contribution in [1.82, 2.24) is 15.3 Å². The first kappa shape index (κ1) is 30.9. The maximum atomic E-state index is 14.1. The number of esters is 1. The molecular weight excluding hydrogens is 578 g/mol. The van der Waals surface area contributed by atoms with Gasteiger partial charge in [0.05, 0.1) is 12.5 Å². The highest BCUT2D eigenvalue weighted by atomic mass is 32.2. The van der Waals surface area contributed by atoms with Crippen LogP contribution in [0.4, 0.5) is 0 Å². The Labute approximate surface area is 260 Å². The minimum Gasteiger partial charge on any atom is -0.448 e. The molecule has 2 N–H and O–H groups in total. The molecule has 0 saturated carbocycles. The number of allylic oxidation sites excluding steroid dienone is 1. The predicted octanol–water partition coefficient (Wildman–Crippen LogP) is 4.05. The molecule has 3 aromatic rings. The number of rotatable bonds is 12. The van der Waals surface area contributed by atoms with Crippen molar-refractivity contribution >= 4 is 35.8 Å². The number of carbonyl (C=O) groups is 4. The first-order valence-electron chi connectivity index (χ1n) is 14.2. The Kier molecular flexibility index (Phi) is 10.1. The van der Waals surface area contributed by atoms with Crippen LogP contribution >= 0.6 is 11.8 Å². The van der Waals surface area contributed by atoms with Gasteiger partial charge in [0, 0.05) is 19.2 Å². The molecule has 2 aliphatic heterocycles. The Morgan fingerprint density at radius 3 is 2.18 bits per heavy atom. The number of nitrogens with one attached hydrogen (secondary N) is 1. The first-order chi connectivity index (χ1) is 21.4. The lowest BCUT2D eigenvalue weighted by Crippen LogP contribution is -2.70. The molecule has 1 saturated heterocycles. The minimum absolute atomic E-state index is 0.0363. The highest BCUT2D eigenvalue weighted by Gasteiger charge is 2.54. The average Bonchev–Trinajstić information content (AvgIpc) is 3.05. The summed E-state index contributed by atoms with van der Waals surface area (Å²) in [6.45, 7) is 0. The van der Waals surface area contributed by atoms with Crippen LogP contribution < -0.4 is 5.32 Å². The van der Waals surface area contributed by atoms with E-state index in [2.05, 4.69) is 5.32 Å². The maximum Gasteiger partial charge on any atom is 0.356 e. The van der Waals surface area contributed by atoms with Gasteiger partial charge in [0.1, 0.15) is 23.4 Å². The standard InChI is InChI=1S/C34H33N3O6S/c1-36(42)27(19-20-38)18-17-26-22-44-33-29(35-28(39)21-23-11-5-2-6-12-23)32(40)37(33)30(26)34(41)43-31(24-13-7-3-8-14-24)25-15-9-4-10-16-25/h2-18,20,27,29,31,33,42H,19,21-22H2,1H3,(H,35,39)/b18-17+. The highest BCUT2D eigenvalue weighted by Crippen LogP contribution is 2.42. The van der Waals surface area contributed by atoms with E-state index in [0.29, 0.717) is 17.6 Å². The van der Waals surface area contributed by atoms with Crippen LogP contribution in [0.1, 0.15) is 29.2 Å². The van der Waals surface area contributed by atoms with Crippen molar-refractivity contribution < 1.29 is 29.1 Å². The van der Waals surface area contributed by atoms with Crippen LogP contribution in [0.3, 0.4) is 0 Å². The number of β-lactam (4-membered cyclic amide) rings is 1. The summed E-state index contributed by atoms with van der Waals surface area (Å²) < 4.78 is 6.15. The number of likely N-dealkylation sites (N-methyl/N-ethyl adjacent to an activating group) is 1. The number of hydroxylamine groups is 2. The van der Waals surface area contributed by atoms with Gasteiger partial charge in [-0.1, -0.05) is 103 Å². The molecule has 2 aliphatic rings. The molecule has 2 amide bonds. The molecular formula is C34H33N3O6S. The average molecular weight is 612 g/mol. The van der Waals surface area contributed by atoms with Crippen molar-refractivity contribution in [2.75, 3.05) is 12.8 Å². The van der Waals surface area contributed by atoms with Gasteiger partial charge in [0.2, 0.25) is 5.91 Å². The van der Waals surface area contributed by atoms with Gasteiger partial charge in [0.15, 0.2) is 6.10 Å². The van der Waals surface area contributed by atoms with Crippen LogP contribution in [0.5, 0.6) is 0 Å². The zero-order chi connectivity index (χ0) is 31.1. The first-order valence-corrected chi connectivity index (χ1v) is 15.3. The van der Waals surface area contributed by atoms with Gasteiger partial charge in [-0.05, 0) is 22.3 Å². The summed E-state index contributed by atoms with van der Waals surface area (Å²) >= 11 is 1.42. The van der Waals surface area contributed by atoms with Crippen LogP contribution in [-0.2, 0) is 30.3 Å². The summed E-state index contributed by atoms with van der Waals surface area (Å²) in [6.07, 6.45) is 3.39. The molecule has 0 radical (unpaired) electrons. The Morgan fingerprint density at radius 1 is 1.02 bits per heavy atom. The molecule has 3 aromatic carbocycles. The number of hydrogen-bond acceptors (Lipinski definition) is 8. The quantitative estimate of drug-likeness (QED) is 0.136. The zero-order valence-corrected chi connectivity index (χ0v) is 24.9. The van der Waals surface area contributed by atoms with Gasteiger partial charge < -0.3 is 20.1 Å². The molecule has 9 nitrogen and oxygen atoms in total. The molecule has 2 heterocycles. The summed E-state index contributed by atoms with van der Waals surface area (Å²) in [7, 11) is 1.43. The van der Waals surface area contributed by atoms with Crippen molar-refractivity contribution in [3.63, 3.8) is 0 Å². The van der Waals surface area contributed by atoms with E-state index in [1.54, 1.807) is 12.2 Å². The van der Waals surface area contributed by atoms with Crippen LogP contribution in [0, 0.1) is 0 Å². The van der Waals surface area contributed by atoms with Crippen molar-refractivity contribution in [3.05, 3.63) is 131 Å². The normalized spacial score (nSPS) is 18.6. The van der Waals surface area contributed by atoms with Gasteiger partial charge in [-0.15, -0.1) is 11.8 Å². The van der Waals surface area contributed by atoms with Gasteiger partial charge in [-0.3, -0.25) is 14.5 Å². The molecule has 0 aliphatic carbocycles. The SMILES string of the molecule is CN(O)C(/C=C/C1=C(C(=O)OC(c2ccccc2)c2ccccc2)N2C(=O)C(NC(=O)Cc3ccccc3)C2SC1)CC=O. The van der Waals surface area contributed by atoms with Crippen LogP contribution in [0.2, 0.25) is 0 Å². The van der Waals surface area contributed by atoms with Crippen molar-refractivity contribution in [3.8, 4) is 0 Å². The molecule has 3 unspecified atom stereocenters. The molecule has 10 heteroatoms. The molecule has 44 heavy (non-hydrogen) atoms. The number of nitrogens with zero attached hydrogens (tertiary/aromatic N) is 2. The second-order valence-corrected chi connectivity index (χ2v) is 11.6. The van der Waals surface area contributed by atoms with E-state index >= 15 is 0 Å². The second kappa shape index (κ2) is 14.3. The van der Waals surface area contributed by atoms with Crippen molar-refractivity contribution in [2.24, 2.45) is 0 Å². The third-order valence-corrected chi connectivity index (χ3v) is 8.78. The smallest absolute Gasteiger partial charge is 0.356 e. The monoisotopic (exact) mass is 611 g/mol. The molecule has 0 spiro atoms. The van der Waals surface area contributed by atoms with Crippen LogP contribution in [0.15, 0.2) is 114 Å². The van der Waals surface area contributed by atoms with Gasteiger partial charge in [0.25, 0.3) is 5.91 Å². The Balaban J connectivity index is 1.44. The van der Waals surface area contributed by atoms with Crippen molar-refractivity contribution in [1.29, 1.82) is 0 Å². The lowest BCUT2D eigenvalue weighted by molar-refractivity contribution is -0.154. The van der Waals surface area contributed by atoms with E-state index in [9.17, 15) is 24.4 Å². The lowest BCUT2D eigenvalue weighted by atomic mass is 10.00. The highest BCUT2D eigenvalue weighted by molar-refractivity contribution is 8.00. The molecule has 0 aromatic heterocycles. The Morgan fingerprint density at radius 2 is 1.61 bits per heavy atom. The van der Waals surface area contributed by atoms with E-state index in [0.717, 1.165) is 21.8 Å². The largest absolute Gasteiger partial charge is 0.448 e. The second-order valence-electron chi connectivity index (χ2n) is 10.5. The Bertz CT molecular complexity index is 1510. The summed E-state index contributed by atoms with van der Waals surface area (Å²) in [6, 6.07) is 26.5. The summed E-state index contributed by atoms with van der Waals surface area (Å²) in [5.41, 5.74) is 2.94. The zero-order valence-electron chi connectivity index (χ0n) is 24.1. The van der Waals surface area contributed by atoms with E-state index < -0.39 is 35.4 Å². The molecule has 1 fully saturated rings. The van der Waals surface area contributed by atoms with Crippen molar-refractivity contribution in [2.45, 2.75) is 36.4 Å². The fourth-order valence-electron chi connectivity index (χ4n) is 5.19. The molecule has 0 bridgehead atoms. The van der Waals surface area contributed by atoms with Gasteiger partial charge in [-0.2, -0.15) is 5.06 Å². The number of carbonyl (C=O) groups excluding carboxylic acids is 4. The van der Waals surface area contributed by atoms with E-state index in [-0.39, 0.29) is 24.4 Å². The summed E-state index contributed by atoms with van der Waals surface area (Å²) in [5.74, 6) is -1.06. The number of amides is 2. The van der Waals surface area contributed by atoms with Gasteiger partial charge in [-0.25, -0.2) is 4.79 Å². The number of benzene rings is 3. The number of fused-ring (bicyclic) bond motifs is 1. The third kappa shape index (κ3) is 6.99. The fraction of sp³-hybridized carbons (Fsp3) is 0.235. The van der Waals surface area contributed by atoms with Crippen LogP contribution in [0.25, 0.3) is 0 Å². The maximum absolute atomic E-state index is 14.1. The molecule has 3 atom stereocenters. The number of thioether (sulfide) groups is 1.